The van der Waals surface area contributed by atoms with E-state index in [9.17, 15) is 0 Å². The van der Waals surface area contributed by atoms with E-state index in [4.69, 9.17) is 4.76 Å². The number of unbranched alkanes of at least 4 members (excludes halogenated alkanes) is 2. The van der Waals surface area contributed by atoms with Crippen LogP contribution in [0, 0.1) is 5.92 Å². The van der Waals surface area contributed by atoms with Gasteiger partial charge < -0.3 is 0 Å². The second-order valence-corrected chi connectivity index (χ2v) is 6.63. The number of benzene rings is 1. The summed E-state index contributed by atoms with van der Waals surface area (Å²) in [6.07, 6.45) is 14.0. The van der Waals surface area contributed by atoms with E-state index in [1.54, 1.807) is 0 Å². The quantitative estimate of drug-likeness (QED) is 0.339. The summed E-state index contributed by atoms with van der Waals surface area (Å²) in [5.74, 6) is 0.468. The van der Waals surface area contributed by atoms with Crippen molar-refractivity contribution < 1.29 is 0 Å². The highest BCUT2D eigenvalue weighted by Crippen LogP contribution is 2.22. The fourth-order valence-corrected chi connectivity index (χ4v) is 2.93. The van der Waals surface area contributed by atoms with Crippen molar-refractivity contribution in [3.8, 4) is 0 Å². The van der Waals surface area contributed by atoms with E-state index in [2.05, 4.69) is 57.6 Å². The SMILES string of the molecule is C=P(=C)N=C(c1ccccc1CCCCC)C(C)CC. The molecular weight excluding hydrogens is 261 g/mol. The van der Waals surface area contributed by atoms with Gasteiger partial charge in [-0.25, -0.2) is 4.76 Å². The molecule has 0 radical (unpaired) electrons. The van der Waals surface area contributed by atoms with Crippen molar-refractivity contribution >= 4 is 25.6 Å². The lowest BCUT2D eigenvalue weighted by Gasteiger charge is -2.16. The summed E-state index contributed by atoms with van der Waals surface area (Å²) in [6.45, 7) is 6.71. The third-order valence-corrected chi connectivity index (χ3v) is 4.17. The Morgan fingerprint density at radius 3 is 2.50 bits per heavy atom. The zero-order chi connectivity index (χ0) is 15.0. The van der Waals surface area contributed by atoms with Crippen LogP contribution >= 0.6 is 7.32 Å². The van der Waals surface area contributed by atoms with Crippen molar-refractivity contribution in [1.82, 2.24) is 0 Å². The van der Waals surface area contributed by atoms with Crippen LogP contribution in [-0.4, -0.2) is 18.3 Å². The predicted octanol–water partition coefficient (Wildman–Crippen LogP) is 5.52. The van der Waals surface area contributed by atoms with Gasteiger partial charge in [0.25, 0.3) is 0 Å². The number of aryl methyl sites for hydroxylation is 1. The summed E-state index contributed by atoms with van der Waals surface area (Å²) in [6, 6.07) is 8.71. The summed E-state index contributed by atoms with van der Waals surface area (Å²) >= 11 is 0. The van der Waals surface area contributed by atoms with Crippen LogP contribution in [0.1, 0.15) is 57.6 Å². The summed E-state index contributed by atoms with van der Waals surface area (Å²) in [5, 5.41) is 0. The topological polar surface area (TPSA) is 12.4 Å². The van der Waals surface area contributed by atoms with Crippen LogP contribution in [-0.2, 0) is 6.42 Å². The minimum absolute atomic E-state index is 0.468. The van der Waals surface area contributed by atoms with Gasteiger partial charge >= 0.3 is 0 Å². The molecule has 110 valence electrons. The number of hydrogen-bond acceptors (Lipinski definition) is 1. The standard InChI is InChI=1S/C18H28NP/c1-6-8-9-12-16-13-10-11-14-17(16)18(15(3)7-2)19-20(4)5/h10-11,13-15H,4-9,12H2,1-3H3. The van der Waals surface area contributed by atoms with Gasteiger partial charge in [-0.05, 0) is 43.6 Å². The fraction of sp³-hybridized carbons (Fsp3) is 0.500. The van der Waals surface area contributed by atoms with E-state index >= 15 is 0 Å². The number of rotatable bonds is 8. The molecule has 20 heavy (non-hydrogen) atoms. The Morgan fingerprint density at radius 1 is 1.20 bits per heavy atom. The Labute approximate surface area is 125 Å². The Kier molecular flexibility index (Phi) is 7.62. The third-order valence-electron chi connectivity index (χ3n) is 3.67. The van der Waals surface area contributed by atoms with Gasteiger partial charge in [-0.2, -0.15) is 0 Å². The molecule has 0 heterocycles. The maximum absolute atomic E-state index is 4.77. The zero-order valence-corrected chi connectivity index (χ0v) is 14.1. The lowest BCUT2D eigenvalue weighted by atomic mass is 9.91. The first-order valence-electron chi connectivity index (χ1n) is 7.68. The Morgan fingerprint density at radius 2 is 1.90 bits per heavy atom. The van der Waals surface area contributed by atoms with Crippen molar-refractivity contribution in [2.24, 2.45) is 10.7 Å². The molecule has 0 spiro atoms. The molecule has 1 atom stereocenters. The van der Waals surface area contributed by atoms with Gasteiger partial charge in [0.2, 0.25) is 0 Å². The molecule has 2 heteroatoms. The molecule has 0 saturated carbocycles. The Balaban J connectivity index is 3.13. The first-order valence-corrected chi connectivity index (χ1v) is 9.34. The average molecular weight is 289 g/mol. The zero-order valence-electron chi connectivity index (χ0n) is 13.2. The minimum atomic E-state index is -0.742. The number of hydrogen-bond donors (Lipinski definition) is 0. The van der Waals surface area contributed by atoms with Crippen molar-refractivity contribution in [1.29, 1.82) is 0 Å². The van der Waals surface area contributed by atoms with Crippen LogP contribution in [0.4, 0.5) is 0 Å². The summed E-state index contributed by atoms with van der Waals surface area (Å²) < 4.78 is 4.77. The van der Waals surface area contributed by atoms with E-state index in [0.717, 1.165) is 12.8 Å². The lowest BCUT2D eigenvalue weighted by Crippen LogP contribution is -2.13. The molecule has 0 aliphatic heterocycles. The van der Waals surface area contributed by atoms with Crippen LogP contribution in [0.25, 0.3) is 0 Å². The Hall–Kier alpha value is -1.07. The molecule has 1 aromatic carbocycles. The molecule has 0 saturated heterocycles. The minimum Gasteiger partial charge on any atom is -0.238 e. The second-order valence-electron chi connectivity index (χ2n) is 5.42. The smallest absolute Gasteiger partial charge is 0.0551 e. The molecular formula is C18H28NP. The van der Waals surface area contributed by atoms with E-state index in [-0.39, 0.29) is 0 Å². The van der Waals surface area contributed by atoms with E-state index in [0.29, 0.717) is 5.92 Å². The van der Waals surface area contributed by atoms with Crippen LogP contribution in [0.2, 0.25) is 0 Å². The first kappa shape index (κ1) is 17.0. The molecule has 1 rings (SSSR count). The molecule has 0 fully saturated rings. The van der Waals surface area contributed by atoms with E-state index in [1.807, 2.05) is 0 Å². The monoisotopic (exact) mass is 289 g/mol. The third kappa shape index (κ3) is 5.13. The van der Waals surface area contributed by atoms with Gasteiger partial charge in [-0.3, -0.25) is 0 Å². The predicted molar refractivity (Wildman–Crippen MR) is 96.8 cm³/mol. The molecule has 1 nitrogen and oxygen atoms in total. The van der Waals surface area contributed by atoms with Gasteiger partial charge in [-0.15, -0.1) is 0 Å². The molecule has 0 aliphatic rings. The summed E-state index contributed by atoms with van der Waals surface area (Å²) in [4.78, 5) is 0. The second kappa shape index (κ2) is 8.97. The van der Waals surface area contributed by atoms with Crippen molar-refractivity contribution in [2.75, 3.05) is 0 Å². The fourth-order valence-electron chi connectivity index (χ4n) is 2.32. The molecule has 1 aromatic rings. The summed E-state index contributed by atoms with van der Waals surface area (Å²) in [5.41, 5.74) is 3.95. The van der Waals surface area contributed by atoms with Crippen LogP contribution in [0.5, 0.6) is 0 Å². The first-order chi connectivity index (χ1) is 9.60. The van der Waals surface area contributed by atoms with Gasteiger partial charge in [0.15, 0.2) is 0 Å². The number of nitrogens with zero attached hydrogens (tertiary/aromatic N) is 1. The average Bonchev–Trinajstić information content (AvgIpc) is 2.45. The summed E-state index contributed by atoms with van der Waals surface area (Å²) in [7, 11) is -0.742. The normalized spacial score (nSPS) is 13.2. The highest BCUT2D eigenvalue weighted by Gasteiger charge is 2.14. The molecule has 0 amide bonds. The van der Waals surface area contributed by atoms with Gasteiger partial charge in [-0.1, -0.05) is 70.5 Å². The van der Waals surface area contributed by atoms with Crippen LogP contribution in [0.3, 0.4) is 0 Å². The van der Waals surface area contributed by atoms with Gasteiger partial charge in [0.1, 0.15) is 0 Å². The highest BCUT2D eigenvalue weighted by atomic mass is 31.1. The van der Waals surface area contributed by atoms with Crippen molar-refractivity contribution in [3.63, 3.8) is 0 Å². The van der Waals surface area contributed by atoms with E-state index < -0.39 is 7.32 Å². The molecule has 0 aliphatic carbocycles. The van der Waals surface area contributed by atoms with Crippen molar-refractivity contribution in [3.05, 3.63) is 35.4 Å². The molecule has 1 unspecified atom stereocenters. The Bertz CT molecular complexity index is 504. The van der Waals surface area contributed by atoms with Crippen LogP contribution in [0.15, 0.2) is 29.0 Å². The van der Waals surface area contributed by atoms with Crippen molar-refractivity contribution in [2.45, 2.75) is 52.9 Å². The largest absolute Gasteiger partial charge is 0.238 e. The highest BCUT2D eigenvalue weighted by molar-refractivity contribution is 7.52. The van der Waals surface area contributed by atoms with Gasteiger partial charge in [0, 0.05) is 0 Å². The van der Waals surface area contributed by atoms with Gasteiger partial charge in [0.05, 0.1) is 5.71 Å². The maximum Gasteiger partial charge on any atom is 0.0551 e. The van der Waals surface area contributed by atoms with E-state index in [1.165, 1.54) is 36.1 Å². The lowest BCUT2D eigenvalue weighted by molar-refractivity contribution is 0.713. The molecule has 0 N–H and O–H groups in total. The molecule has 0 aromatic heterocycles. The maximum atomic E-state index is 4.77. The molecule has 0 bridgehead atoms. The van der Waals surface area contributed by atoms with Crippen LogP contribution < -0.4 is 0 Å².